The molecule has 1 aromatic heterocycles. The van der Waals surface area contributed by atoms with Gasteiger partial charge in [0, 0.05) is 24.5 Å². The van der Waals surface area contributed by atoms with Gasteiger partial charge in [0.2, 0.25) is 0 Å². The summed E-state index contributed by atoms with van der Waals surface area (Å²) in [5, 5.41) is 6.16. The number of benzene rings is 1. The molecule has 2 rings (SSSR count). The van der Waals surface area contributed by atoms with Crippen molar-refractivity contribution in [2.24, 2.45) is 4.99 Å². The smallest absolute Gasteiger partial charge is 0.319 e. The van der Waals surface area contributed by atoms with Gasteiger partial charge in [-0.3, -0.25) is 4.57 Å². The van der Waals surface area contributed by atoms with E-state index in [1.165, 1.54) is 12.4 Å². The summed E-state index contributed by atoms with van der Waals surface area (Å²) >= 11 is 0. The second-order valence-electron chi connectivity index (χ2n) is 6.04. The van der Waals surface area contributed by atoms with Gasteiger partial charge in [0.1, 0.15) is 11.6 Å². The number of alkyl halides is 2. The van der Waals surface area contributed by atoms with Gasteiger partial charge in [-0.2, -0.15) is 8.78 Å². The number of guanidine groups is 1. The zero-order valence-electron chi connectivity index (χ0n) is 16.4. The van der Waals surface area contributed by atoms with E-state index >= 15 is 0 Å². The molecule has 0 aliphatic rings. The summed E-state index contributed by atoms with van der Waals surface area (Å²) in [7, 11) is 0. The fourth-order valence-corrected chi connectivity index (χ4v) is 2.47. The standard InChI is InChI=1S/C19H27F2N5O.HI/c1-4-10-27-16-11-14(3)6-7-15(16)12-24-19(22-5-2)25-13-17-23-8-9-26(17)18(20)21;/h6-9,11,18H,4-5,10,12-13H2,1-3H3,(H2,22,24,25);1H. The molecule has 0 saturated heterocycles. The van der Waals surface area contributed by atoms with Gasteiger partial charge in [-0.05, 0) is 31.9 Å². The highest BCUT2D eigenvalue weighted by Gasteiger charge is 2.11. The molecule has 2 aromatic rings. The van der Waals surface area contributed by atoms with Gasteiger partial charge >= 0.3 is 6.55 Å². The van der Waals surface area contributed by atoms with E-state index in [2.05, 4.69) is 27.5 Å². The van der Waals surface area contributed by atoms with E-state index in [9.17, 15) is 8.78 Å². The second kappa shape index (κ2) is 12.5. The number of halogens is 3. The normalized spacial score (nSPS) is 11.3. The minimum absolute atomic E-state index is 0. The number of imidazole rings is 1. The quantitative estimate of drug-likeness (QED) is 0.303. The van der Waals surface area contributed by atoms with Crippen molar-refractivity contribution >= 4 is 29.9 Å². The van der Waals surface area contributed by atoms with Crippen molar-refractivity contribution in [3.63, 3.8) is 0 Å². The third-order valence-corrected chi connectivity index (χ3v) is 3.81. The highest BCUT2D eigenvalue weighted by atomic mass is 127. The Kier molecular flexibility index (Phi) is 10.8. The minimum Gasteiger partial charge on any atom is -0.493 e. The number of aryl methyl sites for hydroxylation is 1. The van der Waals surface area contributed by atoms with Crippen molar-refractivity contribution in [2.45, 2.75) is 46.8 Å². The van der Waals surface area contributed by atoms with Gasteiger partial charge in [0.05, 0.1) is 19.7 Å². The molecule has 28 heavy (non-hydrogen) atoms. The van der Waals surface area contributed by atoms with Crippen LogP contribution in [-0.2, 0) is 13.1 Å². The molecule has 0 saturated carbocycles. The van der Waals surface area contributed by atoms with Crippen molar-refractivity contribution in [1.29, 1.82) is 0 Å². The zero-order valence-corrected chi connectivity index (χ0v) is 18.7. The van der Waals surface area contributed by atoms with Crippen molar-refractivity contribution < 1.29 is 13.5 Å². The lowest BCUT2D eigenvalue weighted by atomic mass is 10.1. The molecule has 156 valence electrons. The maximum Gasteiger partial charge on any atom is 0.319 e. The number of rotatable bonds is 9. The average Bonchev–Trinajstić information content (AvgIpc) is 3.12. The maximum absolute atomic E-state index is 12.9. The van der Waals surface area contributed by atoms with Crippen LogP contribution in [0.4, 0.5) is 8.78 Å². The Morgan fingerprint density at radius 2 is 2.07 bits per heavy atom. The highest BCUT2D eigenvalue weighted by molar-refractivity contribution is 14.0. The van der Waals surface area contributed by atoms with Crippen molar-refractivity contribution in [1.82, 2.24) is 20.2 Å². The summed E-state index contributed by atoms with van der Waals surface area (Å²) in [6, 6.07) is 6.01. The van der Waals surface area contributed by atoms with Crippen molar-refractivity contribution in [2.75, 3.05) is 13.2 Å². The van der Waals surface area contributed by atoms with Gasteiger partial charge in [-0.25, -0.2) is 9.98 Å². The first-order valence-corrected chi connectivity index (χ1v) is 9.09. The number of ether oxygens (including phenoxy) is 1. The van der Waals surface area contributed by atoms with Crippen LogP contribution in [0.5, 0.6) is 5.75 Å². The lowest BCUT2D eigenvalue weighted by molar-refractivity contribution is 0.0668. The maximum atomic E-state index is 12.9. The molecule has 0 amide bonds. The molecule has 0 aliphatic carbocycles. The van der Waals surface area contributed by atoms with E-state index in [1.54, 1.807) is 0 Å². The Bertz CT molecular complexity index is 752. The predicted molar refractivity (Wildman–Crippen MR) is 118 cm³/mol. The molecule has 0 spiro atoms. The van der Waals surface area contributed by atoms with Gasteiger partial charge in [-0.15, -0.1) is 24.0 Å². The molecule has 6 nitrogen and oxygen atoms in total. The molecule has 2 N–H and O–H groups in total. The molecule has 0 unspecified atom stereocenters. The van der Waals surface area contributed by atoms with E-state index in [0.717, 1.165) is 27.9 Å². The Hall–Kier alpha value is -1.91. The molecular weight excluding hydrogens is 479 g/mol. The molecule has 0 fully saturated rings. The monoisotopic (exact) mass is 507 g/mol. The van der Waals surface area contributed by atoms with E-state index in [4.69, 9.17) is 4.74 Å². The van der Waals surface area contributed by atoms with Crippen LogP contribution in [0.3, 0.4) is 0 Å². The van der Waals surface area contributed by atoms with Gasteiger partial charge in [0.15, 0.2) is 5.96 Å². The minimum atomic E-state index is -2.62. The van der Waals surface area contributed by atoms with Crippen LogP contribution in [0.1, 0.15) is 43.8 Å². The van der Waals surface area contributed by atoms with Gasteiger partial charge in [0.25, 0.3) is 0 Å². The van der Waals surface area contributed by atoms with Crippen LogP contribution < -0.4 is 15.4 Å². The number of aliphatic imine (C=N–C) groups is 1. The summed E-state index contributed by atoms with van der Waals surface area (Å²) < 4.78 is 32.5. The van der Waals surface area contributed by atoms with E-state index in [0.29, 0.717) is 25.7 Å². The topological polar surface area (TPSA) is 63.5 Å². The molecule has 0 atom stereocenters. The fraction of sp³-hybridized carbons (Fsp3) is 0.474. The molecule has 0 radical (unpaired) electrons. The van der Waals surface area contributed by atoms with Crippen LogP contribution in [0.2, 0.25) is 0 Å². The van der Waals surface area contributed by atoms with E-state index in [1.807, 2.05) is 32.0 Å². The molecule has 9 heteroatoms. The van der Waals surface area contributed by atoms with Crippen molar-refractivity contribution in [3.05, 3.63) is 47.5 Å². The van der Waals surface area contributed by atoms with E-state index < -0.39 is 6.55 Å². The van der Waals surface area contributed by atoms with Crippen LogP contribution in [0, 0.1) is 6.92 Å². The summed E-state index contributed by atoms with van der Waals surface area (Å²) in [4.78, 5) is 8.51. The average molecular weight is 507 g/mol. The number of nitrogens with one attached hydrogen (secondary N) is 2. The van der Waals surface area contributed by atoms with Crippen LogP contribution in [0.25, 0.3) is 0 Å². The molecule has 0 aliphatic heterocycles. The van der Waals surface area contributed by atoms with Crippen LogP contribution in [-0.4, -0.2) is 28.7 Å². The Morgan fingerprint density at radius 3 is 2.75 bits per heavy atom. The first kappa shape index (κ1) is 24.1. The predicted octanol–water partition coefficient (Wildman–Crippen LogP) is 4.25. The highest BCUT2D eigenvalue weighted by Crippen LogP contribution is 2.21. The van der Waals surface area contributed by atoms with Crippen molar-refractivity contribution in [3.8, 4) is 5.75 Å². The molecule has 1 heterocycles. The number of aromatic nitrogens is 2. The third-order valence-electron chi connectivity index (χ3n) is 3.81. The lowest BCUT2D eigenvalue weighted by Gasteiger charge is -2.14. The summed E-state index contributed by atoms with van der Waals surface area (Å²) in [5.41, 5.74) is 2.10. The fourth-order valence-electron chi connectivity index (χ4n) is 2.47. The summed E-state index contributed by atoms with van der Waals surface area (Å²) in [6.07, 6.45) is 3.55. The first-order chi connectivity index (χ1) is 13.0. The van der Waals surface area contributed by atoms with Crippen LogP contribution >= 0.6 is 24.0 Å². The molecule has 0 bridgehead atoms. The molecular formula is C19H28F2IN5O. The largest absolute Gasteiger partial charge is 0.493 e. The van der Waals surface area contributed by atoms with Gasteiger partial charge < -0.3 is 15.4 Å². The Labute approximate surface area is 181 Å². The molecule has 1 aromatic carbocycles. The van der Waals surface area contributed by atoms with Crippen LogP contribution in [0.15, 0.2) is 35.6 Å². The van der Waals surface area contributed by atoms with Gasteiger partial charge in [-0.1, -0.05) is 19.1 Å². The Balaban J connectivity index is 0.00000392. The summed E-state index contributed by atoms with van der Waals surface area (Å²) in [6.45, 7) is 5.27. The zero-order chi connectivity index (χ0) is 19.6. The second-order valence-corrected chi connectivity index (χ2v) is 6.04. The lowest BCUT2D eigenvalue weighted by Crippen LogP contribution is -2.37. The number of nitrogens with zero attached hydrogens (tertiary/aromatic N) is 3. The number of hydrogen-bond donors (Lipinski definition) is 2. The van der Waals surface area contributed by atoms with E-state index in [-0.39, 0.29) is 36.3 Å². The SMILES string of the molecule is CCCOc1cc(C)ccc1CN=C(NCC)NCc1nccn1C(F)F.I. The third kappa shape index (κ3) is 7.25. The number of hydrogen-bond acceptors (Lipinski definition) is 3. The Morgan fingerprint density at radius 1 is 1.29 bits per heavy atom. The first-order valence-electron chi connectivity index (χ1n) is 9.09. The summed E-state index contributed by atoms with van der Waals surface area (Å²) in [5.74, 6) is 1.60.